The van der Waals surface area contributed by atoms with Gasteiger partial charge in [-0.2, -0.15) is 0 Å². The molecule has 0 bridgehead atoms. The van der Waals surface area contributed by atoms with Gasteiger partial charge in [0, 0.05) is 33.7 Å². The molecule has 206 valence electrons. The highest BCUT2D eigenvalue weighted by Gasteiger charge is 2.35. The third-order valence-electron chi connectivity index (χ3n) is 6.75. The van der Waals surface area contributed by atoms with Crippen LogP contribution in [0.25, 0.3) is 17.0 Å². The average Bonchev–Trinajstić information content (AvgIpc) is 3.44. The van der Waals surface area contributed by atoms with Crippen molar-refractivity contribution in [1.82, 2.24) is 9.13 Å². The summed E-state index contributed by atoms with van der Waals surface area (Å²) >= 11 is 4.91. The Morgan fingerprint density at radius 1 is 1.20 bits per heavy atom. The number of hydrogen-bond acceptors (Lipinski definition) is 7. The molecule has 0 fully saturated rings. The van der Waals surface area contributed by atoms with Gasteiger partial charge in [-0.05, 0) is 43.7 Å². The Morgan fingerprint density at radius 3 is 2.62 bits per heavy atom. The van der Waals surface area contributed by atoms with E-state index in [2.05, 4.69) is 32.1 Å². The van der Waals surface area contributed by atoms with E-state index < -0.39 is 12.0 Å². The summed E-state index contributed by atoms with van der Waals surface area (Å²) in [6.07, 6.45) is 5.74. The van der Waals surface area contributed by atoms with Crippen molar-refractivity contribution in [2.75, 3.05) is 20.8 Å². The summed E-state index contributed by atoms with van der Waals surface area (Å²) in [6, 6.07) is 10.8. The van der Waals surface area contributed by atoms with Crippen LogP contribution in [0.4, 0.5) is 0 Å². The van der Waals surface area contributed by atoms with Crippen LogP contribution in [-0.2, 0) is 16.1 Å². The van der Waals surface area contributed by atoms with Crippen molar-refractivity contribution < 1.29 is 19.0 Å². The highest BCUT2D eigenvalue weighted by atomic mass is 79.9. The summed E-state index contributed by atoms with van der Waals surface area (Å²) < 4.78 is 21.2. The van der Waals surface area contributed by atoms with E-state index in [1.54, 1.807) is 37.7 Å². The first kappa shape index (κ1) is 27.7. The highest BCUT2D eigenvalue weighted by Crippen LogP contribution is 2.40. The fraction of sp³-hybridized carbons (Fsp3) is 0.233. The number of allylic oxidation sites excluding steroid dienone is 2. The zero-order chi connectivity index (χ0) is 28.6. The van der Waals surface area contributed by atoms with Gasteiger partial charge in [0.1, 0.15) is 0 Å². The number of aromatic nitrogens is 2. The molecule has 0 aliphatic carbocycles. The molecule has 1 aliphatic rings. The first-order chi connectivity index (χ1) is 19.3. The van der Waals surface area contributed by atoms with Crippen LogP contribution < -0.4 is 24.4 Å². The number of carbonyl (C=O) groups is 1. The van der Waals surface area contributed by atoms with Gasteiger partial charge in [0.2, 0.25) is 0 Å². The topological polar surface area (TPSA) is 84.0 Å². The standard InChI is InChI=1S/C30H28BrN3O5S/c1-6-12-33-16-18(19-10-8-9-11-22(19)33)13-25-28(35)34-27(20-14-23(37-4)24(38-5)15-21(20)31)26(29(36)39-7-2)17(3)32-30(34)40-25/h6,8-11,13-16,27H,1,7,12H2,2-5H3/b25-13+. The second-order valence-electron chi connectivity index (χ2n) is 9.07. The van der Waals surface area contributed by atoms with Crippen molar-refractivity contribution >= 4 is 50.2 Å². The predicted molar refractivity (Wildman–Crippen MR) is 160 cm³/mol. The van der Waals surface area contributed by atoms with Crippen LogP contribution in [0.1, 0.15) is 31.0 Å². The lowest BCUT2D eigenvalue weighted by Gasteiger charge is -2.26. The maximum Gasteiger partial charge on any atom is 0.338 e. The fourth-order valence-corrected chi connectivity index (χ4v) is 6.56. The SMILES string of the molecule is C=CCn1cc(/C=c2/sc3n(c2=O)C(c2cc(OC)c(OC)cc2Br)C(C(=O)OCC)=C(C)N=3)c2ccccc21. The smallest absolute Gasteiger partial charge is 0.338 e. The molecule has 8 nitrogen and oxygen atoms in total. The van der Waals surface area contributed by atoms with Gasteiger partial charge in [-0.15, -0.1) is 6.58 Å². The number of nitrogens with zero attached hydrogens (tertiary/aromatic N) is 3. The van der Waals surface area contributed by atoms with Crippen molar-refractivity contribution in [3.05, 3.63) is 102 Å². The Hall–Kier alpha value is -3.89. The van der Waals surface area contributed by atoms with Crippen LogP contribution in [0, 0.1) is 0 Å². The zero-order valence-corrected chi connectivity index (χ0v) is 25.0. The van der Waals surface area contributed by atoms with Crippen LogP contribution in [0.2, 0.25) is 0 Å². The van der Waals surface area contributed by atoms with Crippen molar-refractivity contribution in [1.29, 1.82) is 0 Å². The summed E-state index contributed by atoms with van der Waals surface area (Å²) in [5, 5.41) is 1.03. The Morgan fingerprint density at radius 2 is 1.93 bits per heavy atom. The van der Waals surface area contributed by atoms with Gasteiger partial charge in [0.25, 0.3) is 5.56 Å². The number of benzene rings is 2. The summed E-state index contributed by atoms with van der Waals surface area (Å²) in [5.74, 6) is 0.452. The number of para-hydroxylation sites is 1. The molecule has 0 radical (unpaired) electrons. The van der Waals surface area contributed by atoms with Gasteiger partial charge in [-0.25, -0.2) is 9.79 Å². The minimum Gasteiger partial charge on any atom is -0.493 e. The number of halogens is 1. The summed E-state index contributed by atoms with van der Waals surface area (Å²) in [4.78, 5) is 32.5. The van der Waals surface area contributed by atoms with Gasteiger partial charge in [-0.1, -0.05) is 51.5 Å². The van der Waals surface area contributed by atoms with E-state index in [4.69, 9.17) is 14.2 Å². The number of methoxy groups -OCH3 is 2. The molecule has 10 heteroatoms. The molecule has 2 aromatic carbocycles. The molecule has 0 spiro atoms. The molecule has 0 saturated carbocycles. The van der Waals surface area contributed by atoms with Crippen molar-refractivity contribution in [2.24, 2.45) is 4.99 Å². The maximum atomic E-state index is 14.1. The van der Waals surface area contributed by atoms with Crippen molar-refractivity contribution in [2.45, 2.75) is 26.4 Å². The van der Waals surface area contributed by atoms with Gasteiger partial charge >= 0.3 is 5.97 Å². The molecule has 0 N–H and O–H groups in total. The van der Waals surface area contributed by atoms with Crippen LogP contribution in [0.3, 0.4) is 0 Å². The molecule has 2 aromatic heterocycles. The number of ether oxygens (including phenoxy) is 3. The quantitative estimate of drug-likeness (QED) is 0.210. The Kier molecular flexibility index (Phi) is 7.82. The molecule has 0 amide bonds. The van der Waals surface area contributed by atoms with Gasteiger partial charge < -0.3 is 18.8 Å². The largest absolute Gasteiger partial charge is 0.493 e. The lowest BCUT2D eigenvalue weighted by molar-refractivity contribution is -0.139. The van der Waals surface area contributed by atoms with Crippen LogP contribution in [0.15, 0.2) is 80.8 Å². The molecule has 40 heavy (non-hydrogen) atoms. The molecular weight excluding hydrogens is 594 g/mol. The maximum absolute atomic E-state index is 14.1. The molecule has 5 rings (SSSR count). The lowest BCUT2D eigenvalue weighted by Crippen LogP contribution is -2.40. The molecule has 1 atom stereocenters. The number of esters is 1. The van der Waals surface area contributed by atoms with Gasteiger partial charge in [0.15, 0.2) is 16.3 Å². The zero-order valence-electron chi connectivity index (χ0n) is 22.6. The van der Waals surface area contributed by atoms with Crippen molar-refractivity contribution in [3.63, 3.8) is 0 Å². The molecule has 0 saturated heterocycles. The number of rotatable bonds is 8. The van der Waals surface area contributed by atoms with Crippen LogP contribution in [0.5, 0.6) is 11.5 Å². The van der Waals surface area contributed by atoms with E-state index in [1.807, 2.05) is 42.6 Å². The van der Waals surface area contributed by atoms with Crippen LogP contribution >= 0.6 is 27.3 Å². The Bertz CT molecular complexity index is 1860. The second-order valence-corrected chi connectivity index (χ2v) is 10.9. The summed E-state index contributed by atoms with van der Waals surface area (Å²) in [6.45, 7) is 8.20. The molecule has 4 aromatic rings. The normalized spacial score (nSPS) is 15.1. The van der Waals surface area contributed by atoms with Gasteiger partial charge in [-0.3, -0.25) is 9.36 Å². The molecule has 3 heterocycles. The first-order valence-corrected chi connectivity index (χ1v) is 14.2. The summed E-state index contributed by atoms with van der Waals surface area (Å²) in [5.41, 5.74) is 3.12. The third kappa shape index (κ3) is 4.71. The van der Waals surface area contributed by atoms with E-state index in [0.717, 1.165) is 16.5 Å². The number of carbonyl (C=O) groups excluding carboxylic acids is 1. The van der Waals surface area contributed by atoms with Crippen LogP contribution in [-0.4, -0.2) is 35.9 Å². The van der Waals surface area contributed by atoms with E-state index in [0.29, 0.717) is 43.1 Å². The molecule has 1 aliphatic heterocycles. The molecular formula is C30H28BrN3O5S. The number of fused-ring (bicyclic) bond motifs is 2. The first-order valence-electron chi connectivity index (χ1n) is 12.6. The molecule has 1 unspecified atom stereocenters. The predicted octanol–water partition coefficient (Wildman–Crippen LogP) is 4.72. The van der Waals surface area contributed by atoms with Crippen molar-refractivity contribution in [3.8, 4) is 11.5 Å². The number of thiazole rings is 1. The minimum absolute atomic E-state index is 0.189. The minimum atomic E-state index is -0.797. The van der Waals surface area contributed by atoms with Gasteiger partial charge in [0.05, 0.1) is 42.7 Å². The summed E-state index contributed by atoms with van der Waals surface area (Å²) in [7, 11) is 3.09. The van der Waals surface area contributed by atoms with E-state index in [-0.39, 0.29) is 17.7 Å². The van der Waals surface area contributed by atoms with E-state index in [1.165, 1.54) is 18.4 Å². The lowest BCUT2D eigenvalue weighted by atomic mass is 9.95. The third-order valence-corrected chi connectivity index (χ3v) is 8.42. The van der Waals surface area contributed by atoms with E-state index in [9.17, 15) is 9.59 Å². The monoisotopic (exact) mass is 621 g/mol. The second kappa shape index (κ2) is 11.3. The average molecular weight is 623 g/mol. The Balaban J connectivity index is 1.78. The highest BCUT2D eigenvalue weighted by molar-refractivity contribution is 9.10. The fourth-order valence-electron chi connectivity index (χ4n) is 4.99. The Labute approximate surface area is 243 Å². The number of hydrogen-bond donors (Lipinski definition) is 0. The van der Waals surface area contributed by atoms with E-state index >= 15 is 0 Å².